The van der Waals surface area contributed by atoms with Gasteiger partial charge in [0, 0.05) is 0 Å². The molecule has 0 aliphatic heterocycles. The van der Waals surface area contributed by atoms with Crippen LogP contribution >= 0.6 is 0 Å². The molecule has 2 aromatic carbocycles. The maximum Gasteiger partial charge on any atom is 0.0710 e. The van der Waals surface area contributed by atoms with E-state index in [-0.39, 0.29) is 11.5 Å². The SMILES string of the molecule is CC(C)(C)c1ccc([C@H](NN)c2ccccc2)cc1. The van der Waals surface area contributed by atoms with Crippen LogP contribution in [-0.4, -0.2) is 0 Å². The lowest BCUT2D eigenvalue weighted by Crippen LogP contribution is -2.28. The highest BCUT2D eigenvalue weighted by atomic mass is 15.2. The Labute approximate surface area is 115 Å². The minimum Gasteiger partial charge on any atom is -0.271 e. The molecule has 19 heavy (non-hydrogen) atoms. The maximum absolute atomic E-state index is 5.71. The molecule has 0 radical (unpaired) electrons. The van der Waals surface area contributed by atoms with Gasteiger partial charge in [0.15, 0.2) is 0 Å². The van der Waals surface area contributed by atoms with Gasteiger partial charge in [0.25, 0.3) is 0 Å². The zero-order valence-corrected chi connectivity index (χ0v) is 11.9. The van der Waals surface area contributed by atoms with Gasteiger partial charge in [-0.25, -0.2) is 5.43 Å². The smallest absolute Gasteiger partial charge is 0.0710 e. The van der Waals surface area contributed by atoms with Gasteiger partial charge in [-0.05, 0) is 22.1 Å². The van der Waals surface area contributed by atoms with E-state index in [9.17, 15) is 0 Å². The molecule has 2 rings (SSSR count). The van der Waals surface area contributed by atoms with Gasteiger partial charge in [-0.1, -0.05) is 75.4 Å². The molecule has 0 unspecified atom stereocenters. The summed E-state index contributed by atoms with van der Waals surface area (Å²) in [6.07, 6.45) is 0. The Bertz CT molecular complexity index is 509. The first-order chi connectivity index (χ1) is 9.02. The summed E-state index contributed by atoms with van der Waals surface area (Å²) in [5.41, 5.74) is 6.76. The van der Waals surface area contributed by atoms with Crippen LogP contribution in [0.2, 0.25) is 0 Å². The second-order valence-corrected chi connectivity index (χ2v) is 5.88. The van der Waals surface area contributed by atoms with Crippen LogP contribution in [0, 0.1) is 0 Å². The van der Waals surface area contributed by atoms with Crippen molar-refractivity contribution in [3.8, 4) is 0 Å². The van der Waals surface area contributed by atoms with Gasteiger partial charge in [-0.15, -0.1) is 0 Å². The number of nitrogens with one attached hydrogen (secondary N) is 1. The van der Waals surface area contributed by atoms with Crippen molar-refractivity contribution >= 4 is 0 Å². The Morgan fingerprint density at radius 2 is 1.37 bits per heavy atom. The predicted octanol–water partition coefficient (Wildman–Crippen LogP) is 3.54. The quantitative estimate of drug-likeness (QED) is 0.649. The van der Waals surface area contributed by atoms with Crippen LogP contribution in [0.3, 0.4) is 0 Å². The predicted molar refractivity (Wildman–Crippen MR) is 80.8 cm³/mol. The van der Waals surface area contributed by atoms with E-state index in [4.69, 9.17) is 5.84 Å². The highest BCUT2D eigenvalue weighted by Crippen LogP contribution is 2.26. The average Bonchev–Trinajstić information content (AvgIpc) is 2.40. The number of nitrogens with two attached hydrogens (primary N) is 1. The average molecular weight is 254 g/mol. The van der Waals surface area contributed by atoms with Crippen molar-refractivity contribution in [2.24, 2.45) is 5.84 Å². The molecule has 0 heterocycles. The minimum absolute atomic E-state index is 0.0372. The van der Waals surface area contributed by atoms with Gasteiger partial charge in [-0.2, -0.15) is 0 Å². The van der Waals surface area contributed by atoms with Crippen LogP contribution in [-0.2, 0) is 5.41 Å². The summed E-state index contributed by atoms with van der Waals surface area (Å²) in [6, 6.07) is 19.0. The number of hydrogen-bond acceptors (Lipinski definition) is 2. The maximum atomic E-state index is 5.71. The summed E-state index contributed by atoms with van der Waals surface area (Å²) in [7, 11) is 0. The normalized spacial score (nSPS) is 13.3. The van der Waals surface area contributed by atoms with Crippen molar-refractivity contribution in [3.05, 3.63) is 71.3 Å². The summed E-state index contributed by atoms with van der Waals surface area (Å²) >= 11 is 0. The zero-order valence-electron chi connectivity index (χ0n) is 11.9. The highest BCUT2D eigenvalue weighted by Gasteiger charge is 2.15. The lowest BCUT2D eigenvalue weighted by molar-refractivity contribution is 0.588. The molecule has 0 aliphatic rings. The molecule has 100 valence electrons. The molecule has 2 nitrogen and oxygen atoms in total. The fraction of sp³-hybridized carbons (Fsp3) is 0.294. The Hall–Kier alpha value is -1.64. The first-order valence-corrected chi connectivity index (χ1v) is 6.64. The number of hydrazine groups is 1. The minimum atomic E-state index is 0.0372. The van der Waals surface area contributed by atoms with Gasteiger partial charge < -0.3 is 0 Å². The van der Waals surface area contributed by atoms with Crippen molar-refractivity contribution in [1.29, 1.82) is 0 Å². The third-order valence-electron chi connectivity index (χ3n) is 3.41. The molecule has 0 fully saturated rings. The lowest BCUT2D eigenvalue weighted by Gasteiger charge is -2.21. The molecule has 0 saturated carbocycles. The summed E-state index contributed by atoms with van der Waals surface area (Å²) < 4.78 is 0. The summed E-state index contributed by atoms with van der Waals surface area (Å²) in [4.78, 5) is 0. The van der Waals surface area contributed by atoms with E-state index in [1.165, 1.54) is 16.7 Å². The number of benzene rings is 2. The molecule has 0 aromatic heterocycles. The molecule has 2 aromatic rings. The Kier molecular flexibility index (Phi) is 4.03. The second kappa shape index (κ2) is 5.55. The molecule has 2 heteroatoms. The molecular formula is C17H22N2. The lowest BCUT2D eigenvalue weighted by atomic mass is 9.86. The number of rotatable bonds is 3. The third-order valence-corrected chi connectivity index (χ3v) is 3.41. The van der Waals surface area contributed by atoms with Crippen LogP contribution in [0.25, 0.3) is 0 Å². The van der Waals surface area contributed by atoms with Gasteiger partial charge >= 0.3 is 0 Å². The number of hydrogen-bond donors (Lipinski definition) is 2. The van der Waals surface area contributed by atoms with Crippen molar-refractivity contribution in [2.45, 2.75) is 32.2 Å². The summed E-state index contributed by atoms with van der Waals surface area (Å²) in [5, 5.41) is 0. The fourth-order valence-corrected chi connectivity index (χ4v) is 2.21. The molecule has 3 N–H and O–H groups in total. The fourth-order valence-electron chi connectivity index (χ4n) is 2.21. The first-order valence-electron chi connectivity index (χ1n) is 6.64. The Morgan fingerprint density at radius 3 is 1.84 bits per heavy atom. The van der Waals surface area contributed by atoms with E-state index >= 15 is 0 Å². The Balaban J connectivity index is 2.30. The van der Waals surface area contributed by atoms with E-state index in [1.54, 1.807) is 0 Å². The van der Waals surface area contributed by atoms with E-state index in [0.29, 0.717) is 0 Å². The van der Waals surface area contributed by atoms with Gasteiger partial charge in [0.05, 0.1) is 6.04 Å². The van der Waals surface area contributed by atoms with Crippen molar-refractivity contribution in [1.82, 2.24) is 5.43 Å². The van der Waals surface area contributed by atoms with Crippen LogP contribution in [0.1, 0.15) is 43.5 Å². The second-order valence-electron chi connectivity index (χ2n) is 5.88. The van der Waals surface area contributed by atoms with Crippen molar-refractivity contribution in [2.75, 3.05) is 0 Å². The van der Waals surface area contributed by atoms with Crippen LogP contribution in [0.15, 0.2) is 54.6 Å². The van der Waals surface area contributed by atoms with E-state index in [0.717, 1.165) is 0 Å². The van der Waals surface area contributed by atoms with E-state index in [2.05, 4.69) is 62.6 Å². The van der Waals surface area contributed by atoms with E-state index in [1.807, 2.05) is 18.2 Å². The molecule has 0 bridgehead atoms. The third kappa shape index (κ3) is 3.22. The van der Waals surface area contributed by atoms with Crippen LogP contribution in [0.4, 0.5) is 0 Å². The molecule has 0 amide bonds. The highest BCUT2D eigenvalue weighted by molar-refractivity contribution is 5.35. The van der Waals surface area contributed by atoms with Gasteiger partial charge in [-0.3, -0.25) is 5.84 Å². The van der Waals surface area contributed by atoms with Crippen molar-refractivity contribution < 1.29 is 0 Å². The molecule has 0 saturated heterocycles. The van der Waals surface area contributed by atoms with Gasteiger partial charge in [0.1, 0.15) is 0 Å². The topological polar surface area (TPSA) is 38.0 Å². The zero-order chi connectivity index (χ0) is 13.9. The molecular weight excluding hydrogens is 232 g/mol. The largest absolute Gasteiger partial charge is 0.271 e. The first kappa shape index (κ1) is 13.8. The van der Waals surface area contributed by atoms with Crippen LogP contribution < -0.4 is 11.3 Å². The molecule has 1 atom stereocenters. The van der Waals surface area contributed by atoms with E-state index < -0.39 is 0 Å². The van der Waals surface area contributed by atoms with Gasteiger partial charge in [0.2, 0.25) is 0 Å². The molecule has 0 aliphatic carbocycles. The summed E-state index contributed by atoms with van der Waals surface area (Å²) in [5.74, 6) is 5.71. The van der Waals surface area contributed by atoms with Crippen molar-refractivity contribution in [3.63, 3.8) is 0 Å². The monoisotopic (exact) mass is 254 g/mol. The van der Waals surface area contributed by atoms with Crippen LogP contribution in [0.5, 0.6) is 0 Å². The summed E-state index contributed by atoms with van der Waals surface area (Å²) in [6.45, 7) is 6.66. The molecule has 0 spiro atoms. The Morgan fingerprint density at radius 1 is 0.842 bits per heavy atom. The standard InChI is InChI=1S/C17H22N2/c1-17(2,3)15-11-9-14(10-12-15)16(19-18)13-7-5-4-6-8-13/h4-12,16,19H,18H2,1-3H3/t16-/m1/s1.